The van der Waals surface area contributed by atoms with Gasteiger partial charge in [-0.25, -0.2) is 4.98 Å². The summed E-state index contributed by atoms with van der Waals surface area (Å²) < 4.78 is 2.46. The summed E-state index contributed by atoms with van der Waals surface area (Å²) in [5.74, 6) is -0.230. The van der Waals surface area contributed by atoms with Gasteiger partial charge in [-0.15, -0.1) is 0 Å². The maximum atomic E-state index is 12.0. The first-order chi connectivity index (χ1) is 9.13. The van der Waals surface area contributed by atoms with Gasteiger partial charge in [-0.2, -0.15) is 5.10 Å². The van der Waals surface area contributed by atoms with Gasteiger partial charge in [0.15, 0.2) is 5.13 Å². The molecule has 1 amide bonds. The van der Waals surface area contributed by atoms with E-state index < -0.39 is 0 Å². The molecule has 3 rings (SSSR count). The van der Waals surface area contributed by atoms with Crippen molar-refractivity contribution >= 4 is 38.3 Å². The Labute approximate surface area is 112 Å². The van der Waals surface area contributed by atoms with Gasteiger partial charge in [-0.05, 0) is 24.3 Å². The Bertz CT molecular complexity index is 760. The third-order valence-electron chi connectivity index (χ3n) is 2.69. The molecule has 0 bridgehead atoms. The number of aryl methyl sites for hydroxylation is 1. The number of carbonyl (C=O) groups is 1. The van der Waals surface area contributed by atoms with Gasteiger partial charge in [-0.3, -0.25) is 14.8 Å². The molecule has 3 N–H and O–H groups in total. The van der Waals surface area contributed by atoms with Crippen LogP contribution < -0.4 is 11.1 Å². The van der Waals surface area contributed by atoms with E-state index in [0.29, 0.717) is 16.5 Å². The smallest absolute Gasteiger partial charge is 0.275 e. The number of amides is 1. The van der Waals surface area contributed by atoms with Crippen LogP contribution in [-0.2, 0) is 7.05 Å². The number of hydrogen-bond acceptors (Lipinski definition) is 5. The Kier molecular flexibility index (Phi) is 2.68. The Morgan fingerprint density at radius 2 is 2.26 bits per heavy atom. The monoisotopic (exact) mass is 273 g/mol. The third-order valence-corrected chi connectivity index (χ3v) is 3.62. The zero-order valence-electron chi connectivity index (χ0n) is 10.1. The number of aromatic nitrogens is 3. The highest BCUT2D eigenvalue weighted by atomic mass is 32.1. The number of nitrogen functional groups attached to an aromatic ring is 1. The molecule has 0 aliphatic carbocycles. The summed E-state index contributed by atoms with van der Waals surface area (Å²) in [5, 5.41) is 7.26. The van der Waals surface area contributed by atoms with E-state index in [1.165, 1.54) is 16.0 Å². The molecule has 3 aromatic rings. The first kappa shape index (κ1) is 11.7. The zero-order chi connectivity index (χ0) is 13.4. The van der Waals surface area contributed by atoms with E-state index in [4.69, 9.17) is 5.73 Å². The molecule has 7 heteroatoms. The minimum atomic E-state index is -0.230. The summed E-state index contributed by atoms with van der Waals surface area (Å²) in [5.41, 5.74) is 7.70. The van der Waals surface area contributed by atoms with E-state index in [2.05, 4.69) is 15.4 Å². The van der Waals surface area contributed by atoms with Crippen LogP contribution in [0, 0.1) is 0 Å². The van der Waals surface area contributed by atoms with Crippen molar-refractivity contribution in [3.8, 4) is 0 Å². The molecule has 0 radical (unpaired) electrons. The van der Waals surface area contributed by atoms with Crippen molar-refractivity contribution in [3.05, 3.63) is 36.2 Å². The number of benzene rings is 1. The standard InChI is InChI=1S/C12H11N5OS/c1-17-9(4-5-14-17)11(18)16-12-15-8-3-2-7(13)6-10(8)19-12/h2-6H,13H2,1H3,(H,15,16,18). The second kappa shape index (κ2) is 4.36. The van der Waals surface area contributed by atoms with E-state index >= 15 is 0 Å². The fourth-order valence-corrected chi connectivity index (χ4v) is 2.66. The Morgan fingerprint density at radius 3 is 3.00 bits per heavy atom. The normalized spacial score (nSPS) is 10.8. The highest BCUT2D eigenvalue weighted by molar-refractivity contribution is 7.22. The van der Waals surface area contributed by atoms with Crippen LogP contribution in [0.25, 0.3) is 10.2 Å². The van der Waals surface area contributed by atoms with Crippen LogP contribution in [-0.4, -0.2) is 20.7 Å². The highest BCUT2D eigenvalue weighted by Gasteiger charge is 2.12. The van der Waals surface area contributed by atoms with Gasteiger partial charge in [0, 0.05) is 18.9 Å². The molecule has 19 heavy (non-hydrogen) atoms. The van der Waals surface area contributed by atoms with Crippen molar-refractivity contribution in [3.63, 3.8) is 0 Å². The summed E-state index contributed by atoms with van der Waals surface area (Å²) in [7, 11) is 1.72. The molecule has 2 heterocycles. The summed E-state index contributed by atoms with van der Waals surface area (Å²) in [6.07, 6.45) is 1.58. The number of fused-ring (bicyclic) bond motifs is 1. The van der Waals surface area contributed by atoms with Crippen molar-refractivity contribution in [2.24, 2.45) is 7.05 Å². The van der Waals surface area contributed by atoms with Crippen molar-refractivity contribution in [2.75, 3.05) is 11.1 Å². The molecular weight excluding hydrogens is 262 g/mol. The SMILES string of the molecule is Cn1nccc1C(=O)Nc1nc2ccc(N)cc2s1. The predicted molar refractivity (Wildman–Crippen MR) is 75.2 cm³/mol. The first-order valence-electron chi connectivity index (χ1n) is 5.59. The number of nitrogens with zero attached hydrogens (tertiary/aromatic N) is 3. The zero-order valence-corrected chi connectivity index (χ0v) is 10.9. The van der Waals surface area contributed by atoms with Gasteiger partial charge >= 0.3 is 0 Å². The lowest BCUT2D eigenvalue weighted by Gasteiger charge is -2.00. The first-order valence-corrected chi connectivity index (χ1v) is 6.40. The molecule has 0 aliphatic rings. The van der Waals surface area contributed by atoms with E-state index in [-0.39, 0.29) is 5.91 Å². The number of hydrogen-bond donors (Lipinski definition) is 2. The number of nitrogens with one attached hydrogen (secondary N) is 1. The van der Waals surface area contributed by atoms with Crippen LogP contribution in [0.4, 0.5) is 10.8 Å². The van der Waals surface area contributed by atoms with Crippen LogP contribution in [0.3, 0.4) is 0 Å². The van der Waals surface area contributed by atoms with Crippen LogP contribution in [0.1, 0.15) is 10.5 Å². The van der Waals surface area contributed by atoms with Crippen LogP contribution in [0.2, 0.25) is 0 Å². The van der Waals surface area contributed by atoms with Crippen LogP contribution in [0.15, 0.2) is 30.5 Å². The molecule has 0 unspecified atom stereocenters. The molecule has 0 atom stereocenters. The largest absolute Gasteiger partial charge is 0.399 e. The second-order valence-corrected chi connectivity index (χ2v) is 5.07. The summed E-state index contributed by atoms with van der Waals surface area (Å²) in [4.78, 5) is 16.3. The molecule has 6 nitrogen and oxygen atoms in total. The van der Waals surface area contributed by atoms with Crippen molar-refractivity contribution < 1.29 is 4.79 Å². The van der Waals surface area contributed by atoms with Crippen LogP contribution in [0.5, 0.6) is 0 Å². The van der Waals surface area contributed by atoms with E-state index in [0.717, 1.165) is 10.2 Å². The van der Waals surface area contributed by atoms with Gasteiger partial charge in [0.2, 0.25) is 0 Å². The second-order valence-electron chi connectivity index (χ2n) is 4.04. The molecule has 0 saturated carbocycles. The number of carbonyl (C=O) groups excluding carboxylic acids is 1. The lowest BCUT2D eigenvalue weighted by molar-refractivity contribution is 0.101. The van der Waals surface area contributed by atoms with Crippen molar-refractivity contribution in [1.82, 2.24) is 14.8 Å². The highest BCUT2D eigenvalue weighted by Crippen LogP contribution is 2.27. The van der Waals surface area contributed by atoms with E-state index in [1.807, 2.05) is 12.1 Å². The Morgan fingerprint density at radius 1 is 1.42 bits per heavy atom. The topological polar surface area (TPSA) is 85.8 Å². The number of thiazole rings is 1. The summed E-state index contributed by atoms with van der Waals surface area (Å²) in [6, 6.07) is 7.11. The van der Waals surface area contributed by atoms with Gasteiger partial charge in [0.1, 0.15) is 5.69 Å². The summed E-state index contributed by atoms with van der Waals surface area (Å²) in [6.45, 7) is 0. The van der Waals surface area contributed by atoms with E-state index in [1.54, 1.807) is 25.4 Å². The molecule has 96 valence electrons. The van der Waals surface area contributed by atoms with Crippen LogP contribution >= 0.6 is 11.3 Å². The van der Waals surface area contributed by atoms with Crippen molar-refractivity contribution in [1.29, 1.82) is 0 Å². The molecule has 0 fully saturated rings. The minimum Gasteiger partial charge on any atom is -0.399 e. The summed E-state index contributed by atoms with van der Waals surface area (Å²) >= 11 is 1.39. The maximum Gasteiger partial charge on any atom is 0.275 e. The van der Waals surface area contributed by atoms with E-state index in [9.17, 15) is 4.79 Å². The number of anilines is 2. The predicted octanol–water partition coefficient (Wildman–Crippen LogP) is 1.86. The molecule has 2 aromatic heterocycles. The maximum absolute atomic E-state index is 12.0. The average molecular weight is 273 g/mol. The quantitative estimate of drug-likeness (QED) is 0.698. The molecule has 0 aliphatic heterocycles. The Hall–Kier alpha value is -2.41. The van der Waals surface area contributed by atoms with Gasteiger partial charge in [0.05, 0.1) is 10.2 Å². The number of nitrogens with two attached hydrogens (primary N) is 1. The molecule has 0 saturated heterocycles. The Balaban J connectivity index is 1.89. The van der Waals surface area contributed by atoms with Crippen molar-refractivity contribution in [2.45, 2.75) is 0 Å². The van der Waals surface area contributed by atoms with Gasteiger partial charge in [-0.1, -0.05) is 11.3 Å². The van der Waals surface area contributed by atoms with Gasteiger partial charge in [0.25, 0.3) is 5.91 Å². The molecule has 1 aromatic carbocycles. The molecule has 0 spiro atoms. The average Bonchev–Trinajstić information content (AvgIpc) is 2.94. The number of rotatable bonds is 2. The van der Waals surface area contributed by atoms with Gasteiger partial charge < -0.3 is 5.73 Å². The fourth-order valence-electron chi connectivity index (χ4n) is 1.75. The minimum absolute atomic E-state index is 0.230. The lowest BCUT2D eigenvalue weighted by atomic mass is 10.3. The third kappa shape index (κ3) is 2.15. The lowest BCUT2D eigenvalue weighted by Crippen LogP contribution is -2.15. The fraction of sp³-hybridized carbons (Fsp3) is 0.0833. The molecular formula is C12H11N5OS.